The van der Waals surface area contributed by atoms with E-state index in [2.05, 4.69) is 41.5 Å². The lowest BCUT2D eigenvalue weighted by atomic mass is 10.1. The second kappa shape index (κ2) is 6.90. The fourth-order valence-electron chi connectivity index (χ4n) is 3.00. The normalized spacial score (nSPS) is 15.7. The van der Waals surface area contributed by atoms with Gasteiger partial charge in [0.2, 0.25) is 5.88 Å². The molecule has 1 aromatic carbocycles. The Balaban J connectivity index is 1.86. The van der Waals surface area contributed by atoms with E-state index in [0.29, 0.717) is 6.10 Å². The van der Waals surface area contributed by atoms with E-state index >= 15 is 0 Å². The average molecular weight is 284 g/mol. The lowest BCUT2D eigenvalue weighted by Crippen LogP contribution is -2.15. The summed E-state index contributed by atoms with van der Waals surface area (Å²) >= 11 is 0. The van der Waals surface area contributed by atoms with Gasteiger partial charge in [-0.25, -0.2) is 4.98 Å². The van der Waals surface area contributed by atoms with Crippen molar-refractivity contribution in [1.82, 2.24) is 10.3 Å². The van der Waals surface area contributed by atoms with E-state index in [0.717, 1.165) is 43.7 Å². The minimum Gasteiger partial charge on any atom is -0.474 e. The third-order valence-corrected chi connectivity index (χ3v) is 4.11. The molecule has 0 saturated heterocycles. The standard InChI is InChI=1S/C18H24N2O/c1-2-11-19-13-14-12-18(21-15-7-3-4-8-15)20-17-10-6-5-9-16(14)17/h5-6,9-10,12,15,19H,2-4,7-8,11,13H2,1H3. The van der Waals surface area contributed by atoms with Crippen molar-refractivity contribution in [3.8, 4) is 5.88 Å². The molecule has 0 atom stereocenters. The largest absolute Gasteiger partial charge is 0.474 e. The second-order valence-electron chi connectivity index (χ2n) is 5.84. The number of pyridine rings is 1. The quantitative estimate of drug-likeness (QED) is 0.812. The Kier molecular flexibility index (Phi) is 4.71. The Morgan fingerprint density at radius 2 is 2.05 bits per heavy atom. The molecule has 3 heteroatoms. The van der Waals surface area contributed by atoms with Crippen LogP contribution in [0.5, 0.6) is 5.88 Å². The summed E-state index contributed by atoms with van der Waals surface area (Å²) < 4.78 is 6.09. The monoisotopic (exact) mass is 284 g/mol. The van der Waals surface area contributed by atoms with Crippen LogP contribution >= 0.6 is 0 Å². The minimum absolute atomic E-state index is 0.357. The summed E-state index contributed by atoms with van der Waals surface area (Å²) in [5.41, 5.74) is 2.31. The first-order chi connectivity index (χ1) is 10.4. The molecule has 0 radical (unpaired) electrons. The van der Waals surface area contributed by atoms with Crippen LogP contribution in [0.2, 0.25) is 0 Å². The second-order valence-corrected chi connectivity index (χ2v) is 5.84. The molecule has 1 aromatic heterocycles. The van der Waals surface area contributed by atoms with Gasteiger partial charge in [0.15, 0.2) is 0 Å². The smallest absolute Gasteiger partial charge is 0.214 e. The topological polar surface area (TPSA) is 34.1 Å². The summed E-state index contributed by atoms with van der Waals surface area (Å²) in [6.07, 6.45) is 6.39. The highest BCUT2D eigenvalue weighted by Crippen LogP contribution is 2.26. The zero-order chi connectivity index (χ0) is 14.5. The molecule has 1 aliphatic carbocycles. The maximum atomic E-state index is 6.09. The molecule has 1 saturated carbocycles. The van der Waals surface area contributed by atoms with Crippen LogP contribution in [0.15, 0.2) is 30.3 Å². The van der Waals surface area contributed by atoms with Gasteiger partial charge >= 0.3 is 0 Å². The molecule has 1 aliphatic rings. The predicted molar refractivity (Wildman–Crippen MR) is 86.6 cm³/mol. The SMILES string of the molecule is CCCNCc1cc(OC2CCCC2)nc2ccccc12. The van der Waals surface area contributed by atoms with E-state index < -0.39 is 0 Å². The Morgan fingerprint density at radius 3 is 2.86 bits per heavy atom. The van der Waals surface area contributed by atoms with Crippen molar-refractivity contribution >= 4 is 10.9 Å². The summed E-state index contributed by atoms with van der Waals surface area (Å²) in [5.74, 6) is 0.786. The average Bonchev–Trinajstić information content (AvgIpc) is 3.00. The van der Waals surface area contributed by atoms with E-state index in [1.54, 1.807) is 0 Å². The molecule has 0 unspecified atom stereocenters. The van der Waals surface area contributed by atoms with Gasteiger partial charge in [-0.1, -0.05) is 25.1 Å². The van der Waals surface area contributed by atoms with Gasteiger partial charge in [0.25, 0.3) is 0 Å². The molecule has 21 heavy (non-hydrogen) atoms. The molecule has 3 nitrogen and oxygen atoms in total. The molecule has 2 aromatic rings. The van der Waals surface area contributed by atoms with Crippen LogP contribution in [0.1, 0.15) is 44.6 Å². The van der Waals surface area contributed by atoms with Crippen molar-refractivity contribution in [3.63, 3.8) is 0 Å². The van der Waals surface area contributed by atoms with Crippen molar-refractivity contribution in [1.29, 1.82) is 0 Å². The van der Waals surface area contributed by atoms with Gasteiger partial charge in [0, 0.05) is 18.0 Å². The van der Waals surface area contributed by atoms with Crippen molar-refractivity contribution in [3.05, 3.63) is 35.9 Å². The van der Waals surface area contributed by atoms with Gasteiger partial charge in [-0.2, -0.15) is 0 Å². The molecule has 1 heterocycles. The molecular weight excluding hydrogens is 260 g/mol. The lowest BCUT2D eigenvalue weighted by Gasteiger charge is -2.15. The Bertz CT molecular complexity index is 591. The van der Waals surface area contributed by atoms with Crippen LogP contribution < -0.4 is 10.1 Å². The van der Waals surface area contributed by atoms with Gasteiger partial charge < -0.3 is 10.1 Å². The highest BCUT2D eigenvalue weighted by atomic mass is 16.5. The first kappa shape index (κ1) is 14.3. The first-order valence-corrected chi connectivity index (χ1v) is 8.13. The van der Waals surface area contributed by atoms with Crippen LogP contribution in [0.4, 0.5) is 0 Å². The van der Waals surface area contributed by atoms with Crippen LogP contribution in [0.25, 0.3) is 10.9 Å². The minimum atomic E-state index is 0.357. The molecule has 0 bridgehead atoms. The van der Waals surface area contributed by atoms with Gasteiger partial charge in [-0.15, -0.1) is 0 Å². The van der Waals surface area contributed by atoms with Crippen LogP contribution in [0.3, 0.4) is 0 Å². The van der Waals surface area contributed by atoms with E-state index in [-0.39, 0.29) is 0 Å². The van der Waals surface area contributed by atoms with E-state index in [9.17, 15) is 0 Å². The zero-order valence-corrected chi connectivity index (χ0v) is 12.8. The number of nitrogens with one attached hydrogen (secondary N) is 1. The third kappa shape index (κ3) is 3.53. The summed E-state index contributed by atoms with van der Waals surface area (Å²) in [6, 6.07) is 10.4. The molecule has 3 rings (SSSR count). The molecule has 1 N–H and O–H groups in total. The van der Waals surface area contributed by atoms with Crippen molar-refractivity contribution in [2.24, 2.45) is 0 Å². The van der Waals surface area contributed by atoms with Crippen LogP contribution in [-0.2, 0) is 6.54 Å². The number of fused-ring (bicyclic) bond motifs is 1. The molecule has 112 valence electrons. The van der Waals surface area contributed by atoms with Crippen LogP contribution in [-0.4, -0.2) is 17.6 Å². The van der Waals surface area contributed by atoms with Crippen molar-refractivity contribution in [2.45, 2.75) is 51.7 Å². The highest BCUT2D eigenvalue weighted by molar-refractivity contribution is 5.82. The number of nitrogens with zero attached hydrogens (tertiary/aromatic N) is 1. The van der Waals surface area contributed by atoms with E-state index in [4.69, 9.17) is 4.74 Å². The number of rotatable bonds is 6. The van der Waals surface area contributed by atoms with E-state index in [1.807, 2.05) is 6.07 Å². The number of ether oxygens (including phenoxy) is 1. The van der Waals surface area contributed by atoms with Gasteiger partial charge in [-0.3, -0.25) is 0 Å². The molecule has 0 amide bonds. The number of benzene rings is 1. The number of hydrogen-bond donors (Lipinski definition) is 1. The number of aromatic nitrogens is 1. The van der Waals surface area contributed by atoms with Gasteiger partial charge in [0.1, 0.15) is 6.10 Å². The maximum Gasteiger partial charge on any atom is 0.214 e. The zero-order valence-electron chi connectivity index (χ0n) is 12.8. The lowest BCUT2D eigenvalue weighted by molar-refractivity contribution is 0.202. The Hall–Kier alpha value is -1.61. The fraction of sp³-hybridized carbons (Fsp3) is 0.500. The Morgan fingerprint density at radius 1 is 1.24 bits per heavy atom. The summed E-state index contributed by atoms with van der Waals surface area (Å²) in [4.78, 5) is 4.68. The van der Waals surface area contributed by atoms with Crippen LogP contribution in [0, 0.1) is 0 Å². The van der Waals surface area contributed by atoms with Gasteiger partial charge in [-0.05, 0) is 50.3 Å². The maximum absolute atomic E-state index is 6.09. The Labute approximate surface area is 126 Å². The summed E-state index contributed by atoms with van der Waals surface area (Å²) in [6.45, 7) is 4.10. The molecule has 0 spiro atoms. The molecular formula is C18H24N2O. The first-order valence-electron chi connectivity index (χ1n) is 8.13. The summed E-state index contributed by atoms with van der Waals surface area (Å²) in [7, 11) is 0. The molecule has 1 fully saturated rings. The van der Waals surface area contributed by atoms with Crippen molar-refractivity contribution in [2.75, 3.05) is 6.54 Å². The fourth-order valence-corrected chi connectivity index (χ4v) is 3.00. The highest BCUT2D eigenvalue weighted by Gasteiger charge is 2.17. The van der Waals surface area contributed by atoms with E-state index in [1.165, 1.54) is 23.8 Å². The van der Waals surface area contributed by atoms with Gasteiger partial charge in [0.05, 0.1) is 5.52 Å². The number of para-hydroxylation sites is 1. The molecule has 0 aliphatic heterocycles. The summed E-state index contributed by atoms with van der Waals surface area (Å²) in [5, 5.41) is 4.70. The predicted octanol–water partition coefficient (Wildman–Crippen LogP) is 4.06. The van der Waals surface area contributed by atoms with Crippen molar-refractivity contribution < 1.29 is 4.74 Å². The number of hydrogen-bond acceptors (Lipinski definition) is 3. The third-order valence-electron chi connectivity index (χ3n) is 4.11.